The molecule has 1 aliphatic carbocycles. The maximum atomic E-state index is 5.68. The molecule has 5 aromatic rings. The molecule has 0 amide bonds. The fourth-order valence-electron chi connectivity index (χ4n) is 5.14. The van der Waals surface area contributed by atoms with E-state index in [4.69, 9.17) is 9.40 Å². The normalized spacial score (nSPS) is 14.2. The quantitative estimate of drug-likeness (QED) is 0.301. The smallest absolute Gasteiger partial charge is 0.306 e. The zero-order chi connectivity index (χ0) is 22.0. The van der Waals surface area contributed by atoms with Crippen LogP contribution in [0.5, 0.6) is 0 Å². The minimum Gasteiger partial charge on any atom is -0.432 e. The lowest BCUT2D eigenvalue weighted by Gasteiger charge is -2.22. The van der Waals surface area contributed by atoms with Crippen LogP contribution in [0.3, 0.4) is 0 Å². The van der Waals surface area contributed by atoms with Crippen LogP contribution in [0.15, 0.2) is 83.6 Å². The molecule has 158 valence electrons. The number of hydrogen-bond donors (Lipinski definition) is 0. The van der Waals surface area contributed by atoms with E-state index in [0.29, 0.717) is 11.8 Å². The molecule has 2 aromatic heterocycles. The molecule has 0 radical (unpaired) electrons. The van der Waals surface area contributed by atoms with Gasteiger partial charge >= 0.3 is 5.84 Å². The van der Waals surface area contributed by atoms with Gasteiger partial charge in [-0.3, -0.25) is 4.40 Å². The first-order valence-corrected chi connectivity index (χ1v) is 11.3. The number of rotatable bonds is 3. The summed E-state index contributed by atoms with van der Waals surface area (Å²) >= 11 is 0. The molecule has 0 bridgehead atoms. The molecule has 0 N–H and O–H groups in total. The lowest BCUT2D eigenvalue weighted by molar-refractivity contribution is 0.596. The van der Waals surface area contributed by atoms with E-state index in [0.717, 1.165) is 22.5 Å². The van der Waals surface area contributed by atoms with Gasteiger partial charge < -0.3 is 4.42 Å². The molecule has 0 unspecified atom stereocenters. The Morgan fingerprint density at radius 3 is 2.34 bits per heavy atom. The highest BCUT2D eigenvalue weighted by atomic mass is 16.3. The zero-order valence-electron chi connectivity index (χ0n) is 18.9. The summed E-state index contributed by atoms with van der Waals surface area (Å²) < 4.78 is 7.74. The monoisotopic (exact) mass is 418 g/mol. The van der Waals surface area contributed by atoms with Gasteiger partial charge in [-0.25, -0.2) is 0 Å². The number of nitrogens with zero attached hydrogens (tertiary/aromatic N) is 2. The van der Waals surface area contributed by atoms with Gasteiger partial charge in [0.15, 0.2) is 0 Å². The lowest BCUT2D eigenvalue weighted by Crippen LogP contribution is -2.14. The summed E-state index contributed by atoms with van der Waals surface area (Å²) in [5, 5.41) is 0. The molecule has 3 heteroatoms. The topological polar surface area (TPSA) is 30.4 Å². The number of imidazole rings is 1. The van der Waals surface area contributed by atoms with Crippen LogP contribution in [-0.2, 0) is 5.41 Å². The molecular formula is C29H26N2O. The Labute approximate surface area is 188 Å². The Bertz CT molecular complexity index is 1470. The Hall–Kier alpha value is -3.59. The first-order chi connectivity index (χ1) is 15.4. The van der Waals surface area contributed by atoms with Crippen LogP contribution in [0.2, 0.25) is 0 Å². The molecule has 0 atom stereocenters. The number of benzene rings is 3. The van der Waals surface area contributed by atoms with E-state index in [1.807, 2.05) is 6.20 Å². The van der Waals surface area contributed by atoms with E-state index in [2.05, 4.69) is 98.8 Å². The van der Waals surface area contributed by atoms with Crippen LogP contribution in [0, 0.1) is 0 Å². The second-order valence-electron chi connectivity index (χ2n) is 9.57. The number of aromatic nitrogens is 2. The first kappa shape index (κ1) is 19.1. The standard InChI is InChI=1S/C29H26N2O/c1-18(2)19-9-11-20(12-10-19)26-27(31-15-16-32-28(31)30-26)21-13-14-23-22-7-5-6-8-24(22)29(3,4)25(23)17-21/h5-18H,1-4H3. The molecular weight excluding hydrogens is 392 g/mol. The molecule has 0 aliphatic heterocycles. The second-order valence-corrected chi connectivity index (χ2v) is 9.57. The lowest BCUT2D eigenvalue weighted by atomic mass is 9.82. The largest absolute Gasteiger partial charge is 0.432 e. The van der Waals surface area contributed by atoms with Crippen molar-refractivity contribution in [2.45, 2.75) is 39.0 Å². The van der Waals surface area contributed by atoms with E-state index in [9.17, 15) is 0 Å². The summed E-state index contributed by atoms with van der Waals surface area (Å²) in [4.78, 5) is 4.86. The summed E-state index contributed by atoms with van der Waals surface area (Å²) in [6, 6.07) is 24.3. The van der Waals surface area contributed by atoms with E-state index < -0.39 is 0 Å². The van der Waals surface area contributed by atoms with Gasteiger partial charge in [0, 0.05) is 22.7 Å². The van der Waals surface area contributed by atoms with Gasteiger partial charge in [-0.1, -0.05) is 88.4 Å². The van der Waals surface area contributed by atoms with Crippen molar-refractivity contribution in [3.8, 4) is 33.6 Å². The summed E-state index contributed by atoms with van der Waals surface area (Å²) in [5.41, 5.74) is 11.0. The van der Waals surface area contributed by atoms with Crippen molar-refractivity contribution in [2.75, 3.05) is 0 Å². The fraction of sp³-hybridized carbons (Fsp3) is 0.207. The van der Waals surface area contributed by atoms with Crippen molar-refractivity contribution in [3.63, 3.8) is 0 Å². The third-order valence-corrected chi connectivity index (χ3v) is 6.97. The number of fused-ring (bicyclic) bond motifs is 4. The van der Waals surface area contributed by atoms with Crippen molar-refractivity contribution >= 4 is 5.84 Å². The average Bonchev–Trinajstić information content (AvgIpc) is 3.45. The van der Waals surface area contributed by atoms with E-state index in [-0.39, 0.29) is 5.41 Å². The maximum Gasteiger partial charge on any atom is 0.306 e. The molecule has 32 heavy (non-hydrogen) atoms. The first-order valence-electron chi connectivity index (χ1n) is 11.3. The third-order valence-electron chi connectivity index (χ3n) is 6.97. The summed E-state index contributed by atoms with van der Waals surface area (Å²) in [7, 11) is 0. The fourth-order valence-corrected chi connectivity index (χ4v) is 5.14. The third kappa shape index (κ3) is 2.64. The van der Waals surface area contributed by atoms with Gasteiger partial charge in [0.2, 0.25) is 0 Å². The maximum absolute atomic E-state index is 5.68. The SMILES string of the molecule is CC(C)c1ccc(-c2nc3occn3c2-c2ccc3c(c2)C(C)(C)c2ccccc2-3)cc1. The van der Waals surface area contributed by atoms with Crippen molar-refractivity contribution in [1.29, 1.82) is 0 Å². The van der Waals surface area contributed by atoms with Crippen LogP contribution < -0.4 is 0 Å². The van der Waals surface area contributed by atoms with Gasteiger partial charge in [-0.15, -0.1) is 0 Å². The van der Waals surface area contributed by atoms with Crippen LogP contribution >= 0.6 is 0 Å². The Morgan fingerprint density at radius 1 is 0.844 bits per heavy atom. The number of oxazole rings is 1. The van der Waals surface area contributed by atoms with Crippen molar-refractivity contribution in [2.24, 2.45) is 0 Å². The second kappa shape index (κ2) is 6.70. The Balaban J connectivity index is 1.55. The summed E-state index contributed by atoms with van der Waals surface area (Å²) in [5.74, 6) is 1.12. The van der Waals surface area contributed by atoms with E-state index in [1.54, 1.807) is 6.26 Å². The van der Waals surface area contributed by atoms with Gasteiger partial charge in [0.1, 0.15) is 12.0 Å². The minimum absolute atomic E-state index is 0.0405. The van der Waals surface area contributed by atoms with E-state index in [1.165, 1.54) is 27.8 Å². The number of hydrogen-bond acceptors (Lipinski definition) is 2. The minimum atomic E-state index is -0.0405. The molecule has 0 saturated carbocycles. The molecule has 0 spiro atoms. The highest BCUT2D eigenvalue weighted by Gasteiger charge is 2.35. The van der Waals surface area contributed by atoms with Crippen LogP contribution in [0.25, 0.3) is 39.5 Å². The van der Waals surface area contributed by atoms with Gasteiger partial charge in [0.25, 0.3) is 0 Å². The van der Waals surface area contributed by atoms with Crippen LogP contribution in [0.4, 0.5) is 0 Å². The summed E-state index contributed by atoms with van der Waals surface area (Å²) in [6.07, 6.45) is 3.65. The van der Waals surface area contributed by atoms with E-state index >= 15 is 0 Å². The molecule has 6 rings (SSSR count). The highest BCUT2D eigenvalue weighted by Crippen LogP contribution is 2.50. The van der Waals surface area contributed by atoms with Gasteiger partial charge in [0.05, 0.1) is 5.69 Å². The molecule has 3 aromatic carbocycles. The Kier molecular flexibility index (Phi) is 4.00. The van der Waals surface area contributed by atoms with Crippen molar-refractivity contribution < 1.29 is 4.42 Å². The zero-order valence-corrected chi connectivity index (χ0v) is 18.9. The highest BCUT2D eigenvalue weighted by molar-refractivity contribution is 5.87. The van der Waals surface area contributed by atoms with Crippen molar-refractivity contribution in [1.82, 2.24) is 9.38 Å². The van der Waals surface area contributed by atoms with Crippen LogP contribution in [-0.4, -0.2) is 9.38 Å². The molecule has 0 saturated heterocycles. The summed E-state index contributed by atoms with van der Waals surface area (Å²) in [6.45, 7) is 9.07. The predicted molar refractivity (Wildman–Crippen MR) is 130 cm³/mol. The predicted octanol–water partition coefficient (Wildman–Crippen LogP) is 7.69. The molecule has 1 aliphatic rings. The molecule has 3 nitrogen and oxygen atoms in total. The van der Waals surface area contributed by atoms with Crippen LogP contribution in [0.1, 0.15) is 50.3 Å². The average molecular weight is 419 g/mol. The Morgan fingerprint density at radius 2 is 1.56 bits per heavy atom. The van der Waals surface area contributed by atoms with Crippen molar-refractivity contribution in [3.05, 3.63) is 95.9 Å². The molecule has 2 heterocycles. The van der Waals surface area contributed by atoms with Gasteiger partial charge in [-0.2, -0.15) is 4.98 Å². The van der Waals surface area contributed by atoms with Gasteiger partial charge in [-0.05, 0) is 39.8 Å². The molecule has 0 fully saturated rings.